The second-order valence-corrected chi connectivity index (χ2v) is 9.52. The Morgan fingerprint density at radius 2 is 1.76 bits per heavy atom. The fourth-order valence-electron chi connectivity index (χ4n) is 4.60. The first-order valence-corrected chi connectivity index (χ1v) is 12.8. The van der Waals surface area contributed by atoms with Crippen LogP contribution in [0.2, 0.25) is 0 Å². The van der Waals surface area contributed by atoms with Crippen LogP contribution in [0.25, 0.3) is 22.2 Å². The highest BCUT2D eigenvalue weighted by atomic mass is 19.1. The number of nitrogens with zero attached hydrogens (tertiary/aromatic N) is 3. The topological polar surface area (TPSA) is 86.5 Å². The molecule has 0 saturated heterocycles. The van der Waals surface area contributed by atoms with E-state index in [1.807, 2.05) is 0 Å². The third kappa shape index (κ3) is 5.92. The molecule has 0 saturated carbocycles. The first-order valence-electron chi connectivity index (χ1n) is 12.8. The molecule has 5 aromatic rings. The van der Waals surface area contributed by atoms with Gasteiger partial charge in [0, 0.05) is 43.0 Å². The first-order chi connectivity index (χ1) is 19.7. The molecule has 5 rings (SSSR count). The fourth-order valence-corrected chi connectivity index (χ4v) is 4.60. The van der Waals surface area contributed by atoms with Crippen molar-refractivity contribution in [2.24, 2.45) is 0 Å². The second-order valence-electron chi connectivity index (χ2n) is 9.52. The molecule has 0 amide bonds. The molecule has 0 spiro atoms. The van der Waals surface area contributed by atoms with Gasteiger partial charge >= 0.3 is 5.97 Å². The molecule has 10 heteroatoms. The van der Waals surface area contributed by atoms with E-state index in [-0.39, 0.29) is 41.2 Å². The summed E-state index contributed by atoms with van der Waals surface area (Å²) in [6.07, 6.45) is 1.40. The molecule has 0 aliphatic carbocycles. The summed E-state index contributed by atoms with van der Waals surface area (Å²) in [6, 6.07) is 14.6. The number of aryl methyl sites for hydroxylation is 1. The molecular formula is C31H26F3N3O4. The van der Waals surface area contributed by atoms with E-state index in [9.17, 15) is 14.3 Å². The van der Waals surface area contributed by atoms with Gasteiger partial charge in [0.2, 0.25) is 5.88 Å². The molecule has 210 valence electrons. The number of pyridine rings is 1. The SMILES string of the molecule is COCCn1c(Cc2cc(F)c(-c3cccnc3OCc3ccc(C)cc3F)cc2F)nc2ccc(C(=O)O)cc21. The number of carbonyl (C=O) groups is 1. The van der Waals surface area contributed by atoms with Crippen molar-refractivity contribution in [3.63, 3.8) is 0 Å². The number of fused-ring (bicyclic) bond motifs is 1. The summed E-state index contributed by atoms with van der Waals surface area (Å²) in [5, 5.41) is 9.40. The molecule has 0 radical (unpaired) electrons. The number of methoxy groups -OCH3 is 1. The minimum atomic E-state index is -1.08. The van der Waals surface area contributed by atoms with Crippen LogP contribution in [0, 0.1) is 24.4 Å². The molecule has 3 aromatic carbocycles. The lowest BCUT2D eigenvalue weighted by Gasteiger charge is -2.14. The van der Waals surface area contributed by atoms with E-state index in [4.69, 9.17) is 9.47 Å². The van der Waals surface area contributed by atoms with Crippen LogP contribution in [0.1, 0.15) is 32.9 Å². The summed E-state index contributed by atoms with van der Waals surface area (Å²) in [6.45, 7) is 2.28. The normalized spacial score (nSPS) is 11.2. The Labute approximate surface area is 233 Å². The van der Waals surface area contributed by atoms with E-state index in [0.717, 1.165) is 17.7 Å². The van der Waals surface area contributed by atoms with Gasteiger partial charge in [0.05, 0.1) is 23.2 Å². The Hall–Kier alpha value is -4.70. The molecule has 0 unspecified atom stereocenters. The van der Waals surface area contributed by atoms with Gasteiger partial charge in [0.25, 0.3) is 0 Å². The van der Waals surface area contributed by atoms with Crippen LogP contribution in [0.5, 0.6) is 5.88 Å². The number of hydrogen-bond donors (Lipinski definition) is 1. The number of carboxylic acids is 1. The van der Waals surface area contributed by atoms with Crippen molar-refractivity contribution in [2.75, 3.05) is 13.7 Å². The van der Waals surface area contributed by atoms with E-state index >= 15 is 8.78 Å². The monoisotopic (exact) mass is 561 g/mol. The average Bonchev–Trinajstić information content (AvgIpc) is 3.29. The van der Waals surface area contributed by atoms with Crippen molar-refractivity contribution < 1.29 is 32.5 Å². The number of carboxylic acid groups (broad SMARTS) is 1. The highest BCUT2D eigenvalue weighted by Gasteiger charge is 2.20. The molecule has 7 nitrogen and oxygen atoms in total. The third-order valence-electron chi connectivity index (χ3n) is 6.71. The number of halogens is 3. The molecule has 1 N–H and O–H groups in total. The van der Waals surface area contributed by atoms with Gasteiger partial charge in [-0.05, 0) is 66.6 Å². The third-order valence-corrected chi connectivity index (χ3v) is 6.71. The molecule has 41 heavy (non-hydrogen) atoms. The zero-order valence-corrected chi connectivity index (χ0v) is 22.3. The van der Waals surface area contributed by atoms with Crippen molar-refractivity contribution in [3.8, 4) is 17.0 Å². The average molecular weight is 562 g/mol. The molecule has 0 bridgehead atoms. The lowest BCUT2D eigenvalue weighted by atomic mass is 10.0. The number of aromatic carboxylic acids is 1. The van der Waals surface area contributed by atoms with Gasteiger partial charge in [0.15, 0.2) is 0 Å². The summed E-state index contributed by atoms with van der Waals surface area (Å²) in [7, 11) is 1.53. The van der Waals surface area contributed by atoms with Gasteiger partial charge in [0.1, 0.15) is 29.9 Å². The number of imidazole rings is 1. The Bertz CT molecular complexity index is 1750. The van der Waals surface area contributed by atoms with Crippen molar-refractivity contribution in [3.05, 3.63) is 112 Å². The van der Waals surface area contributed by atoms with Crippen LogP contribution in [-0.2, 0) is 24.3 Å². The van der Waals surface area contributed by atoms with Crippen LogP contribution in [0.4, 0.5) is 13.2 Å². The maximum absolute atomic E-state index is 15.5. The number of ether oxygens (including phenoxy) is 2. The summed E-state index contributed by atoms with van der Waals surface area (Å²) >= 11 is 0. The van der Waals surface area contributed by atoms with E-state index in [2.05, 4.69) is 9.97 Å². The molecule has 2 aromatic heterocycles. The minimum Gasteiger partial charge on any atom is -0.478 e. The predicted octanol–water partition coefficient (Wildman–Crippen LogP) is 6.34. The zero-order chi connectivity index (χ0) is 29.1. The van der Waals surface area contributed by atoms with Crippen molar-refractivity contribution in [1.82, 2.24) is 14.5 Å². The van der Waals surface area contributed by atoms with E-state index in [1.54, 1.807) is 41.8 Å². The smallest absolute Gasteiger partial charge is 0.335 e. The Kier molecular flexibility index (Phi) is 8.02. The highest BCUT2D eigenvalue weighted by Crippen LogP contribution is 2.33. The molecule has 0 aliphatic rings. The highest BCUT2D eigenvalue weighted by molar-refractivity contribution is 5.92. The van der Waals surface area contributed by atoms with Crippen LogP contribution >= 0.6 is 0 Å². The number of hydrogen-bond acceptors (Lipinski definition) is 5. The lowest BCUT2D eigenvalue weighted by Crippen LogP contribution is -2.10. The molecule has 0 atom stereocenters. The van der Waals surface area contributed by atoms with Crippen molar-refractivity contribution in [2.45, 2.75) is 26.5 Å². The van der Waals surface area contributed by atoms with Gasteiger partial charge < -0.3 is 19.1 Å². The Morgan fingerprint density at radius 1 is 0.951 bits per heavy atom. The summed E-state index contributed by atoms with van der Waals surface area (Å²) in [4.78, 5) is 20.2. The standard InChI is InChI=1S/C31H26F3N3O4/c1-18-5-6-20(24(32)12-18)17-41-30-22(4-3-9-35-30)23-16-25(33)21(13-26(23)34)15-29-36-27-8-7-19(31(38)39)14-28(27)37(29)10-11-40-2/h3-9,12-14,16H,10-11,15,17H2,1-2H3,(H,38,39). The van der Waals surface area contributed by atoms with E-state index in [0.29, 0.717) is 35.6 Å². The summed E-state index contributed by atoms with van der Waals surface area (Å²) < 4.78 is 57.9. The maximum atomic E-state index is 15.5. The Balaban J connectivity index is 1.46. The van der Waals surface area contributed by atoms with Gasteiger partial charge in [-0.15, -0.1) is 0 Å². The largest absolute Gasteiger partial charge is 0.478 e. The number of rotatable bonds is 10. The molecular weight excluding hydrogens is 535 g/mol. The van der Waals surface area contributed by atoms with Gasteiger partial charge in [-0.2, -0.15) is 0 Å². The van der Waals surface area contributed by atoms with Crippen LogP contribution in [0.15, 0.2) is 66.9 Å². The maximum Gasteiger partial charge on any atom is 0.335 e. The lowest BCUT2D eigenvalue weighted by molar-refractivity contribution is 0.0697. The molecule has 2 heterocycles. The van der Waals surface area contributed by atoms with Crippen molar-refractivity contribution in [1.29, 1.82) is 0 Å². The summed E-state index contributed by atoms with van der Waals surface area (Å²) in [5.41, 5.74) is 2.46. The minimum absolute atomic E-state index is 0.0362. The van der Waals surface area contributed by atoms with Crippen LogP contribution in [-0.4, -0.2) is 39.3 Å². The summed E-state index contributed by atoms with van der Waals surface area (Å²) in [5.74, 6) is -2.42. The zero-order valence-electron chi connectivity index (χ0n) is 22.3. The molecule has 0 aliphatic heterocycles. The van der Waals surface area contributed by atoms with Gasteiger partial charge in [-0.25, -0.2) is 27.9 Å². The predicted molar refractivity (Wildman–Crippen MR) is 146 cm³/mol. The quantitative estimate of drug-likeness (QED) is 0.214. The van der Waals surface area contributed by atoms with E-state index in [1.165, 1.54) is 31.5 Å². The van der Waals surface area contributed by atoms with Crippen molar-refractivity contribution >= 4 is 17.0 Å². The second kappa shape index (κ2) is 11.8. The van der Waals surface area contributed by atoms with Gasteiger partial charge in [-0.3, -0.25) is 0 Å². The van der Waals surface area contributed by atoms with Crippen LogP contribution in [0.3, 0.4) is 0 Å². The van der Waals surface area contributed by atoms with E-state index < -0.39 is 23.4 Å². The van der Waals surface area contributed by atoms with Crippen LogP contribution < -0.4 is 4.74 Å². The van der Waals surface area contributed by atoms with Gasteiger partial charge in [-0.1, -0.05) is 12.1 Å². The first kappa shape index (κ1) is 27.9. The Morgan fingerprint density at radius 3 is 2.51 bits per heavy atom. The number of benzene rings is 3. The number of aromatic nitrogens is 3. The molecule has 0 fully saturated rings. The fraction of sp³-hybridized carbons (Fsp3) is 0.194.